The van der Waals surface area contributed by atoms with Gasteiger partial charge in [-0.05, 0) is 18.2 Å². The fraction of sp³-hybridized carbons (Fsp3) is 0.417. The summed E-state index contributed by atoms with van der Waals surface area (Å²) in [7, 11) is 0. The summed E-state index contributed by atoms with van der Waals surface area (Å²) < 4.78 is 6.14. The molecule has 0 saturated heterocycles. The van der Waals surface area contributed by atoms with Crippen molar-refractivity contribution in [3.63, 3.8) is 0 Å². The van der Waals surface area contributed by atoms with Gasteiger partial charge in [-0.2, -0.15) is 0 Å². The molecular weight excluding hydrogens is 337 g/mol. The Morgan fingerprint density at radius 1 is 1.32 bits per heavy atom. The lowest BCUT2D eigenvalue weighted by Gasteiger charge is -2.20. The number of amides is 1. The molecule has 0 saturated carbocycles. The van der Waals surface area contributed by atoms with Crippen LogP contribution < -0.4 is 4.74 Å². The van der Waals surface area contributed by atoms with Gasteiger partial charge in [-0.1, -0.05) is 27.5 Å². The molecule has 0 bridgehead atoms. The number of carbonyl (C=O) groups is 1. The number of nitrogens with zero attached hydrogens (tertiary/aromatic N) is 1. The second-order valence-electron chi connectivity index (χ2n) is 3.69. The molecule has 0 radical (unpaired) electrons. The molecule has 1 rings (SSSR count). The first kappa shape index (κ1) is 16.2. The molecule has 19 heavy (non-hydrogen) atoms. The summed E-state index contributed by atoms with van der Waals surface area (Å²) >= 11 is 9.22. The maximum atomic E-state index is 11.8. The summed E-state index contributed by atoms with van der Waals surface area (Å²) in [6, 6.07) is 5.08. The van der Waals surface area contributed by atoms with E-state index in [4.69, 9.17) is 26.6 Å². The van der Waals surface area contributed by atoms with Crippen LogP contribution in [-0.2, 0) is 4.79 Å². The van der Waals surface area contributed by atoms with Gasteiger partial charge in [0.25, 0.3) is 5.91 Å². The minimum Gasteiger partial charge on any atom is -0.482 e. The normalized spacial score (nSPS) is 10.3. The molecule has 0 spiro atoms. The third-order valence-electron chi connectivity index (χ3n) is 2.34. The van der Waals surface area contributed by atoms with Crippen LogP contribution in [0.2, 0.25) is 5.02 Å². The smallest absolute Gasteiger partial charge is 0.260 e. The van der Waals surface area contributed by atoms with E-state index in [0.29, 0.717) is 10.8 Å². The summed E-state index contributed by atoms with van der Waals surface area (Å²) in [5.74, 6) is 0.0910. The maximum absolute atomic E-state index is 11.8. The molecule has 0 heterocycles. The average Bonchev–Trinajstić information content (AvgIpc) is 2.37. The summed E-state index contributed by atoms with van der Waals surface area (Å²) in [6.45, 7) is -0.190. The zero-order valence-corrected chi connectivity index (χ0v) is 12.5. The number of rotatable bonds is 7. The molecule has 0 unspecified atom stereocenters. The average molecular weight is 353 g/mol. The summed E-state index contributed by atoms with van der Waals surface area (Å²) in [5, 5.41) is 18.1. The second-order valence-corrected chi connectivity index (χ2v) is 5.01. The third kappa shape index (κ3) is 5.36. The number of halogens is 2. The summed E-state index contributed by atoms with van der Waals surface area (Å²) in [6.07, 6.45) is 0. The lowest BCUT2D eigenvalue weighted by molar-refractivity contribution is -0.134. The van der Waals surface area contributed by atoms with Gasteiger partial charge in [-0.25, -0.2) is 0 Å². The lowest BCUT2D eigenvalue weighted by atomic mass is 10.3. The van der Waals surface area contributed by atoms with Crippen LogP contribution in [0.5, 0.6) is 5.75 Å². The molecule has 0 aliphatic heterocycles. The second kappa shape index (κ2) is 8.37. The zero-order valence-electron chi connectivity index (χ0n) is 10.2. The van der Waals surface area contributed by atoms with Crippen molar-refractivity contribution in [1.82, 2.24) is 4.90 Å². The van der Waals surface area contributed by atoms with Crippen LogP contribution in [0.3, 0.4) is 0 Å². The first-order valence-electron chi connectivity index (χ1n) is 5.65. The van der Waals surface area contributed by atoms with Crippen molar-refractivity contribution < 1.29 is 19.7 Å². The maximum Gasteiger partial charge on any atom is 0.260 e. The predicted molar refractivity (Wildman–Crippen MR) is 75.4 cm³/mol. The number of aliphatic hydroxyl groups excluding tert-OH is 2. The van der Waals surface area contributed by atoms with E-state index in [1.807, 2.05) is 0 Å². The molecule has 0 aliphatic carbocycles. The fourth-order valence-corrected chi connectivity index (χ4v) is 2.15. The number of aliphatic hydroxyl groups is 2. The van der Waals surface area contributed by atoms with Gasteiger partial charge in [0.2, 0.25) is 0 Å². The van der Waals surface area contributed by atoms with Gasteiger partial charge in [-0.15, -0.1) is 0 Å². The van der Waals surface area contributed by atoms with Gasteiger partial charge >= 0.3 is 0 Å². The van der Waals surface area contributed by atoms with Gasteiger partial charge in [0.15, 0.2) is 6.61 Å². The number of carbonyl (C=O) groups excluding carboxylic acids is 1. The number of benzene rings is 1. The Morgan fingerprint density at radius 2 is 1.95 bits per heavy atom. The van der Waals surface area contributed by atoms with E-state index in [0.717, 1.165) is 4.47 Å². The molecular formula is C12H15BrClNO4. The van der Waals surface area contributed by atoms with E-state index in [2.05, 4.69) is 15.9 Å². The van der Waals surface area contributed by atoms with Crippen molar-refractivity contribution in [3.8, 4) is 5.75 Å². The molecule has 5 nitrogen and oxygen atoms in total. The first-order valence-corrected chi connectivity index (χ1v) is 6.83. The molecule has 0 fully saturated rings. The first-order chi connectivity index (χ1) is 9.08. The standard InChI is InChI=1S/C12H15BrClNO4/c13-9-1-2-11(10(14)7-9)19-8-12(18)15(3-5-16)4-6-17/h1-2,7,16-17H,3-6,8H2. The van der Waals surface area contributed by atoms with Crippen molar-refractivity contribution in [2.45, 2.75) is 0 Å². The van der Waals surface area contributed by atoms with E-state index in [-0.39, 0.29) is 38.8 Å². The van der Waals surface area contributed by atoms with E-state index >= 15 is 0 Å². The van der Waals surface area contributed by atoms with Crippen molar-refractivity contribution in [3.05, 3.63) is 27.7 Å². The van der Waals surface area contributed by atoms with Crippen LogP contribution in [0.1, 0.15) is 0 Å². The third-order valence-corrected chi connectivity index (χ3v) is 3.13. The highest BCUT2D eigenvalue weighted by Gasteiger charge is 2.13. The Labute approximate surface area is 124 Å². The molecule has 0 aromatic heterocycles. The van der Waals surface area contributed by atoms with Crippen LogP contribution in [0.15, 0.2) is 22.7 Å². The highest BCUT2D eigenvalue weighted by Crippen LogP contribution is 2.27. The van der Waals surface area contributed by atoms with E-state index in [1.165, 1.54) is 4.90 Å². The number of ether oxygens (including phenoxy) is 1. The predicted octanol–water partition coefficient (Wildman–Crippen LogP) is 1.29. The summed E-state index contributed by atoms with van der Waals surface area (Å²) in [5.41, 5.74) is 0. The molecule has 1 aromatic carbocycles. The Morgan fingerprint density at radius 3 is 2.47 bits per heavy atom. The monoisotopic (exact) mass is 351 g/mol. The van der Waals surface area contributed by atoms with Crippen LogP contribution in [0, 0.1) is 0 Å². The molecule has 106 valence electrons. The zero-order chi connectivity index (χ0) is 14.3. The number of hydrogen-bond acceptors (Lipinski definition) is 4. The van der Waals surface area contributed by atoms with E-state index in [1.54, 1.807) is 18.2 Å². The van der Waals surface area contributed by atoms with Crippen LogP contribution in [-0.4, -0.2) is 53.9 Å². The molecule has 7 heteroatoms. The minimum absolute atomic E-state index is 0.162. The molecule has 0 aliphatic rings. The van der Waals surface area contributed by atoms with Crippen LogP contribution in [0.25, 0.3) is 0 Å². The van der Waals surface area contributed by atoms with E-state index in [9.17, 15) is 4.79 Å². The Balaban J connectivity index is 2.56. The molecule has 1 amide bonds. The Kier molecular flexibility index (Phi) is 7.15. The Hall–Kier alpha value is -0.820. The highest BCUT2D eigenvalue weighted by atomic mass is 79.9. The molecule has 2 N–H and O–H groups in total. The molecule has 0 atom stereocenters. The van der Waals surface area contributed by atoms with Gasteiger partial charge in [0.1, 0.15) is 5.75 Å². The van der Waals surface area contributed by atoms with Crippen molar-refractivity contribution in [2.24, 2.45) is 0 Å². The minimum atomic E-state index is -0.318. The summed E-state index contributed by atoms with van der Waals surface area (Å²) in [4.78, 5) is 13.1. The topological polar surface area (TPSA) is 70.0 Å². The quantitative estimate of drug-likeness (QED) is 0.776. The van der Waals surface area contributed by atoms with Gasteiger partial charge < -0.3 is 19.8 Å². The van der Waals surface area contributed by atoms with E-state index < -0.39 is 0 Å². The van der Waals surface area contributed by atoms with Crippen molar-refractivity contribution in [1.29, 1.82) is 0 Å². The van der Waals surface area contributed by atoms with Crippen molar-refractivity contribution in [2.75, 3.05) is 32.9 Å². The Bertz CT molecular complexity index is 424. The van der Waals surface area contributed by atoms with Crippen LogP contribution >= 0.6 is 27.5 Å². The van der Waals surface area contributed by atoms with Gasteiger partial charge in [0, 0.05) is 17.6 Å². The molecule has 1 aromatic rings. The SMILES string of the molecule is O=C(COc1ccc(Br)cc1Cl)N(CCO)CCO. The lowest BCUT2D eigenvalue weighted by Crippen LogP contribution is -2.38. The largest absolute Gasteiger partial charge is 0.482 e. The fourth-order valence-electron chi connectivity index (χ4n) is 1.43. The highest BCUT2D eigenvalue weighted by molar-refractivity contribution is 9.10. The van der Waals surface area contributed by atoms with Gasteiger partial charge in [-0.3, -0.25) is 4.79 Å². The van der Waals surface area contributed by atoms with Crippen molar-refractivity contribution >= 4 is 33.4 Å². The van der Waals surface area contributed by atoms with Crippen LogP contribution in [0.4, 0.5) is 0 Å². The van der Waals surface area contributed by atoms with Gasteiger partial charge in [0.05, 0.1) is 18.2 Å². The number of hydrogen-bond donors (Lipinski definition) is 2.